The minimum Gasteiger partial charge on any atom is -0.478 e. The summed E-state index contributed by atoms with van der Waals surface area (Å²) in [5.74, 6) is -1.03. The van der Waals surface area contributed by atoms with E-state index in [1.165, 1.54) is 0 Å². The van der Waals surface area contributed by atoms with E-state index in [2.05, 4.69) is 17.0 Å². The van der Waals surface area contributed by atoms with Crippen LogP contribution in [0, 0.1) is 0 Å². The summed E-state index contributed by atoms with van der Waals surface area (Å²) < 4.78 is 11.4. The molecule has 0 bridgehead atoms. The Hall–Kier alpha value is -5.63. The molecule has 8 nitrogen and oxygen atoms in total. The lowest BCUT2D eigenvalue weighted by molar-refractivity contribution is -0.131. The molecular weight excluding hydrogens is 592 g/mol. The van der Waals surface area contributed by atoms with E-state index in [-0.39, 0.29) is 6.61 Å². The number of imide groups is 1. The maximum absolute atomic E-state index is 13.8. The fourth-order valence-corrected chi connectivity index (χ4v) is 5.33. The summed E-state index contributed by atoms with van der Waals surface area (Å²) in [5.41, 5.74) is 2.18. The van der Waals surface area contributed by atoms with Gasteiger partial charge in [-0.25, -0.2) is 14.4 Å². The van der Waals surface area contributed by atoms with Crippen LogP contribution in [0.4, 0.5) is 21.0 Å². The normalized spacial score (nSPS) is 11.5. The average Bonchev–Trinajstić information content (AvgIpc) is 3.05. The second-order valence-electron chi connectivity index (χ2n) is 12.1. The van der Waals surface area contributed by atoms with Crippen molar-refractivity contribution < 1.29 is 29.0 Å². The molecule has 0 heterocycles. The third-order valence-electron chi connectivity index (χ3n) is 7.48. The highest BCUT2D eigenvalue weighted by molar-refractivity contribution is 6.18. The zero-order chi connectivity index (χ0) is 33.4. The number of anilines is 2. The zero-order valence-corrected chi connectivity index (χ0v) is 26.8. The summed E-state index contributed by atoms with van der Waals surface area (Å²) in [7, 11) is 0. The van der Waals surface area contributed by atoms with Crippen LogP contribution in [0.2, 0.25) is 0 Å². The van der Waals surface area contributed by atoms with Crippen molar-refractivity contribution in [1.29, 1.82) is 0 Å². The summed E-state index contributed by atoms with van der Waals surface area (Å²) >= 11 is 0. The fourth-order valence-electron chi connectivity index (χ4n) is 5.33. The first kappa shape index (κ1) is 32.8. The Balaban J connectivity index is 1.64. The van der Waals surface area contributed by atoms with Crippen LogP contribution in [0.25, 0.3) is 21.5 Å². The molecule has 0 radical (unpaired) electrons. The molecule has 8 heteroatoms. The van der Waals surface area contributed by atoms with Crippen LogP contribution in [-0.2, 0) is 27.3 Å². The Bertz CT molecular complexity index is 1900. The maximum atomic E-state index is 13.8. The Morgan fingerprint density at radius 2 is 1.28 bits per heavy atom. The van der Waals surface area contributed by atoms with Gasteiger partial charge in [-0.3, -0.25) is 0 Å². The number of nitrogens with zero attached hydrogens (tertiary/aromatic N) is 2. The van der Waals surface area contributed by atoms with Crippen LogP contribution in [0.3, 0.4) is 0 Å². The number of carbonyl (C=O) groups is 3. The number of amides is 2. The van der Waals surface area contributed by atoms with E-state index in [1.807, 2.05) is 91.0 Å². The topological polar surface area (TPSA) is 96.4 Å². The third kappa shape index (κ3) is 8.55. The van der Waals surface area contributed by atoms with Gasteiger partial charge in [-0.05, 0) is 73.4 Å². The average molecular weight is 631 g/mol. The number of hydrogen-bond donors (Lipinski definition) is 1. The number of ether oxygens (including phenoxy) is 2. The number of benzene rings is 5. The van der Waals surface area contributed by atoms with Crippen LogP contribution in [0.1, 0.15) is 31.9 Å². The first-order valence-corrected chi connectivity index (χ1v) is 15.5. The molecule has 0 aliphatic heterocycles. The Labute approximate surface area is 274 Å². The fraction of sp³-hybridized carbons (Fsp3) is 0.205. The van der Waals surface area contributed by atoms with Crippen molar-refractivity contribution in [2.45, 2.75) is 39.4 Å². The maximum Gasteiger partial charge on any atom is 0.424 e. The van der Waals surface area contributed by atoms with E-state index in [0.29, 0.717) is 30.6 Å². The highest BCUT2D eigenvalue weighted by Crippen LogP contribution is 2.38. The molecule has 0 unspecified atom stereocenters. The quantitative estimate of drug-likeness (QED) is 0.122. The van der Waals surface area contributed by atoms with Gasteiger partial charge in [-0.15, -0.1) is 0 Å². The van der Waals surface area contributed by atoms with Crippen LogP contribution in [-0.4, -0.2) is 42.0 Å². The molecule has 5 rings (SSSR count). The Morgan fingerprint density at radius 3 is 1.87 bits per heavy atom. The summed E-state index contributed by atoms with van der Waals surface area (Å²) in [6.07, 6.45) is 1.74. The minimum absolute atomic E-state index is 0.0267. The molecular formula is C39H38N2O6. The predicted molar refractivity (Wildman–Crippen MR) is 186 cm³/mol. The molecule has 0 fully saturated rings. The molecule has 5 aromatic carbocycles. The number of carboxylic acid groups (broad SMARTS) is 1. The molecule has 5 aromatic rings. The first-order valence-electron chi connectivity index (χ1n) is 15.5. The van der Waals surface area contributed by atoms with E-state index in [1.54, 1.807) is 32.9 Å². The zero-order valence-electron chi connectivity index (χ0n) is 26.8. The molecule has 0 saturated carbocycles. The molecule has 0 aromatic heterocycles. The summed E-state index contributed by atoms with van der Waals surface area (Å²) in [4.78, 5) is 41.9. The number of carbonyl (C=O) groups excluding carboxylic acids is 2. The van der Waals surface area contributed by atoms with Crippen molar-refractivity contribution in [2.75, 3.05) is 22.9 Å². The lowest BCUT2D eigenvalue weighted by Crippen LogP contribution is -2.41. The minimum atomic E-state index is -1.03. The summed E-state index contributed by atoms with van der Waals surface area (Å²) in [5, 5.41) is 12.6. The van der Waals surface area contributed by atoms with Gasteiger partial charge in [0.1, 0.15) is 12.2 Å². The van der Waals surface area contributed by atoms with Crippen molar-refractivity contribution in [3.05, 3.63) is 132 Å². The van der Waals surface area contributed by atoms with Gasteiger partial charge in [0.25, 0.3) is 0 Å². The SMILES string of the molecule is CC(C)(C)OC(=O)N(C(=O)OCc1ccccc1)c1ccc(N(CC=CC(=O)O)CCc2ccccc2)c2cc3ccccc3cc12. The van der Waals surface area contributed by atoms with Gasteiger partial charge in [0.05, 0.1) is 5.69 Å². The molecule has 0 atom stereocenters. The lowest BCUT2D eigenvalue weighted by Gasteiger charge is -2.29. The van der Waals surface area contributed by atoms with Gasteiger partial charge < -0.3 is 19.5 Å². The lowest BCUT2D eigenvalue weighted by atomic mass is 9.99. The summed E-state index contributed by atoms with van der Waals surface area (Å²) in [6.45, 7) is 6.10. The molecule has 0 saturated heterocycles. The largest absolute Gasteiger partial charge is 0.478 e. The van der Waals surface area contributed by atoms with Gasteiger partial charge in [0.15, 0.2) is 0 Å². The molecule has 1 N–H and O–H groups in total. The number of hydrogen-bond acceptors (Lipinski definition) is 6. The van der Waals surface area contributed by atoms with Gasteiger partial charge in [0.2, 0.25) is 0 Å². The van der Waals surface area contributed by atoms with Crippen molar-refractivity contribution in [1.82, 2.24) is 0 Å². The second kappa shape index (κ2) is 14.6. The van der Waals surface area contributed by atoms with Crippen molar-refractivity contribution in [2.24, 2.45) is 0 Å². The summed E-state index contributed by atoms with van der Waals surface area (Å²) in [6, 6.07) is 34.7. The highest BCUT2D eigenvalue weighted by atomic mass is 16.6. The van der Waals surface area contributed by atoms with Crippen molar-refractivity contribution in [3.63, 3.8) is 0 Å². The third-order valence-corrected chi connectivity index (χ3v) is 7.48. The van der Waals surface area contributed by atoms with Gasteiger partial charge in [-0.2, -0.15) is 4.90 Å². The first-order chi connectivity index (χ1) is 22.6. The van der Waals surface area contributed by atoms with E-state index in [4.69, 9.17) is 9.47 Å². The van der Waals surface area contributed by atoms with E-state index in [0.717, 1.165) is 43.9 Å². The Morgan fingerprint density at radius 1 is 0.723 bits per heavy atom. The van der Waals surface area contributed by atoms with Crippen molar-refractivity contribution in [3.8, 4) is 0 Å². The van der Waals surface area contributed by atoms with Crippen LogP contribution in [0.5, 0.6) is 0 Å². The second-order valence-corrected chi connectivity index (χ2v) is 12.1. The van der Waals surface area contributed by atoms with E-state index >= 15 is 0 Å². The number of fused-ring (bicyclic) bond motifs is 2. The monoisotopic (exact) mass is 630 g/mol. The van der Waals surface area contributed by atoms with Crippen LogP contribution < -0.4 is 9.80 Å². The molecule has 240 valence electrons. The molecule has 2 amide bonds. The number of aliphatic carboxylic acids is 1. The smallest absolute Gasteiger partial charge is 0.424 e. The molecule has 47 heavy (non-hydrogen) atoms. The molecule has 0 aliphatic carbocycles. The van der Waals surface area contributed by atoms with Crippen LogP contribution in [0.15, 0.2) is 121 Å². The van der Waals surface area contributed by atoms with Gasteiger partial charge >= 0.3 is 18.2 Å². The molecule has 0 spiro atoms. The Kier molecular flexibility index (Phi) is 10.2. The van der Waals surface area contributed by atoms with E-state index < -0.39 is 23.8 Å². The highest BCUT2D eigenvalue weighted by Gasteiger charge is 2.32. The van der Waals surface area contributed by atoms with Gasteiger partial charge in [-0.1, -0.05) is 91.0 Å². The standard InChI is InChI=1S/C39H38N2O6/c1-39(2,3)47-38(45)41(37(44)46-27-29-15-8-5-9-16-29)35-21-20-34(32-25-30-17-10-11-18-31(30)26-33(32)35)40(23-12-19-36(42)43)24-22-28-13-6-4-7-14-28/h4-21,25-26H,22-24,27H2,1-3H3,(H,42,43). The van der Waals surface area contributed by atoms with Crippen LogP contribution >= 0.6 is 0 Å². The predicted octanol–water partition coefficient (Wildman–Crippen LogP) is 8.76. The number of carboxylic acids is 1. The van der Waals surface area contributed by atoms with E-state index in [9.17, 15) is 19.5 Å². The van der Waals surface area contributed by atoms with Crippen molar-refractivity contribution >= 4 is 51.1 Å². The van der Waals surface area contributed by atoms with Gasteiger partial charge in [0, 0.05) is 35.6 Å². The number of rotatable bonds is 10. The molecule has 0 aliphatic rings.